The second-order valence-electron chi connectivity index (χ2n) is 5.98. The Morgan fingerprint density at radius 3 is 2.31 bits per heavy atom. The summed E-state index contributed by atoms with van der Waals surface area (Å²) < 4.78 is 15.8. The summed E-state index contributed by atoms with van der Waals surface area (Å²) in [7, 11) is 4.71. The topological polar surface area (TPSA) is 60.4 Å². The van der Waals surface area contributed by atoms with Crippen LogP contribution >= 0.6 is 23.4 Å². The molecule has 0 N–H and O–H groups in total. The van der Waals surface area contributed by atoms with E-state index >= 15 is 0 Å². The van der Waals surface area contributed by atoms with Gasteiger partial charge in [0.1, 0.15) is 5.75 Å². The molecule has 0 unspecified atom stereocenters. The summed E-state index contributed by atoms with van der Waals surface area (Å²) in [5.41, 5.74) is 1.41. The van der Waals surface area contributed by atoms with Crippen molar-refractivity contribution in [1.82, 2.24) is 4.90 Å². The predicted molar refractivity (Wildman–Crippen MR) is 118 cm³/mol. The highest BCUT2D eigenvalue weighted by Gasteiger charge is 2.32. The van der Waals surface area contributed by atoms with Gasteiger partial charge >= 0.3 is 0 Å². The van der Waals surface area contributed by atoms with Crippen LogP contribution in [-0.2, 0) is 4.79 Å². The zero-order chi connectivity index (χ0) is 21.0. The van der Waals surface area contributed by atoms with Crippen molar-refractivity contribution in [2.75, 3.05) is 27.9 Å². The van der Waals surface area contributed by atoms with Crippen LogP contribution in [0.4, 0.5) is 5.69 Å². The van der Waals surface area contributed by atoms with Crippen molar-refractivity contribution >= 4 is 46.2 Å². The van der Waals surface area contributed by atoms with E-state index in [1.54, 1.807) is 44.4 Å². The van der Waals surface area contributed by atoms with Crippen molar-refractivity contribution in [2.45, 2.75) is 6.92 Å². The maximum atomic E-state index is 12.9. The Hall–Kier alpha value is -2.64. The molecule has 1 fully saturated rings. The van der Waals surface area contributed by atoms with Gasteiger partial charge in [0, 0.05) is 12.6 Å². The summed E-state index contributed by atoms with van der Waals surface area (Å²) in [6, 6.07) is 10.8. The number of amidine groups is 1. The van der Waals surface area contributed by atoms with Gasteiger partial charge < -0.3 is 14.2 Å². The van der Waals surface area contributed by atoms with E-state index in [1.807, 2.05) is 31.2 Å². The number of halogens is 1. The summed E-state index contributed by atoms with van der Waals surface area (Å²) in [6.07, 6.45) is 1.75. The molecule has 1 aliphatic rings. The van der Waals surface area contributed by atoms with E-state index in [-0.39, 0.29) is 5.91 Å². The third kappa shape index (κ3) is 4.52. The number of thioether (sulfide) groups is 1. The molecule has 3 rings (SSSR count). The molecule has 6 nitrogen and oxygen atoms in total. The van der Waals surface area contributed by atoms with E-state index in [1.165, 1.54) is 11.8 Å². The van der Waals surface area contributed by atoms with E-state index in [4.69, 9.17) is 25.8 Å². The molecule has 2 aromatic rings. The summed E-state index contributed by atoms with van der Waals surface area (Å²) >= 11 is 7.68. The third-order valence-corrected chi connectivity index (χ3v) is 5.62. The minimum absolute atomic E-state index is 0.115. The van der Waals surface area contributed by atoms with Crippen molar-refractivity contribution in [1.29, 1.82) is 0 Å². The molecule has 2 aromatic carbocycles. The molecule has 0 aromatic heterocycles. The molecule has 0 bridgehead atoms. The third-order valence-electron chi connectivity index (χ3n) is 4.29. The zero-order valence-electron chi connectivity index (χ0n) is 16.6. The number of amides is 1. The van der Waals surface area contributed by atoms with Gasteiger partial charge in [-0.2, -0.15) is 0 Å². The van der Waals surface area contributed by atoms with Crippen LogP contribution < -0.4 is 14.2 Å². The van der Waals surface area contributed by atoms with Gasteiger partial charge in [-0.15, -0.1) is 0 Å². The molecule has 1 saturated heterocycles. The standard InChI is InChI=1S/C21H21ClN2O4S/c1-5-24-20(25)19(11-13-10-17(27-3)18(28-4)12-16(13)22)29-21(24)23-14-6-8-15(26-2)9-7-14/h6-12H,5H2,1-4H3/b19-11+,23-21?. The highest BCUT2D eigenvalue weighted by Crippen LogP contribution is 2.38. The number of hydrogen-bond acceptors (Lipinski definition) is 6. The lowest BCUT2D eigenvalue weighted by molar-refractivity contribution is -0.122. The lowest BCUT2D eigenvalue weighted by Gasteiger charge is -2.12. The Kier molecular flexibility index (Phi) is 6.71. The molecule has 152 valence electrons. The van der Waals surface area contributed by atoms with Crippen LogP contribution in [0.2, 0.25) is 5.02 Å². The van der Waals surface area contributed by atoms with Gasteiger partial charge in [-0.25, -0.2) is 4.99 Å². The first-order chi connectivity index (χ1) is 14.0. The number of carbonyl (C=O) groups is 1. The van der Waals surface area contributed by atoms with Crippen molar-refractivity contribution in [3.63, 3.8) is 0 Å². The van der Waals surface area contributed by atoms with Gasteiger partial charge in [-0.3, -0.25) is 9.69 Å². The van der Waals surface area contributed by atoms with Crippen LogP contribution in [0.5, 0.6) is 17.2 Å². The van der Waals surface area contributed by atoms with E-state index in [0.717, 1.165) is 11.4 Å². The Labute approximate surface area is 179 Å². The molecule has 1 heterocycles. The highest BCUT2D eigenvalue weighted by atomic mass is 35.5. The minimum Gasteiger partial charge on any atom is -0.497 e. The average molecular weight is 433 g/mol. The number of carbonyl (C=O) groups excluding carboxylic acids is 1. The van der Waals surface area contributed by atoms with Crippen LogP contribution in [0, 0.1) is 0 Å². The van der Waals surface area contributed by atoms with Crippen molar-refractivity contribution < 1.29 is 19.0 Å². The maximum Gasteiger partial charge on any atom is 0.266 e. The van der Waals surface area contributed by atoms with Crippen LogP contribution in [-0.4, -0.2) is 43.8 Å². The first kappa shape index (κ1) is 21.1. The molecular formula is C21H21ClN2O4S. The highest BCUT2D eigenvalue weighted by molar-refractivity contribution is 8.18. The Morgan fingerprint density at radius 1 is 1.07 bits per heavy atom. The summed E-state index contributed by atoms with van der Waals surface area (Å²) in [5, 5.41) is 1.08. The van der Waals surface area contributed by atoms with Gasteiger partial charge in [-0.1, -0.05) is 11.6 Å². The molecule has 0 spiro atoms. The second-order valence-corrected chi connectivity index (χ2v) is 7.40. The van der Waals surface area contributed by atoms with Gasteiger partial charge in [0.25, 0.3) is 5.91 Å². The minimum atomic E-state index is -0.115. The number of ether oxygens (including phenoxy) is 3. The SMILES string of the molecule is CCN1C(=O)/C(=C\c2cc(OC)c(OC)cc2Cl)SC1=Nc1ccc(OC)cc1. The van der Waals surface area contributed by atoms with E-state index in [9.17, 15) is 4.79 Å². The smallest absolute Gasteiger partial charge is 0.266 e. The lowest BCUT2D eigenvalue weighted by Crippen LogP contribution is -2.28. The molecule has 1 amide bonds. The summed E-state index contributed by atoms with van der Waals surface area (Å²) in [5.74, 6) is 1.71. The molecule has 0 saturated carbocycles. The predicted octanol–water partition coefficient (Wildman–Crippen LogP) is 4.99. The Balaban J connectivity index is 1.95. The molecule has 29 heavy (non-hydrogen) atoms. The monoisotopic (exact) mass is 432 g/mol. The second kappa shape index (κ2) is 9.24. The van der Waals surface area contributed by atoms with E-state index in [0.29, 0.717) is 38.7 Å². The van der Waals surface area contributed by atoms with E-state index in [2.05, 4.69) is 4.99 Å². The number of aliphatic imine (C=N–C) groups is 1. The van der Waals surface area contributed by atoms with Crippen LogP contribution in [0.1, 0.15) is 12.5 Å². The van der Waals surface area contributed by atoms with Crippen LogP contribution in [0.25, 0.3) is 6.08 Å². The fourth-order valence-corrected chi connectivity index (χ4v) is 4.02. The van der Waals surface area contributed by atoms with Gasteiger partial charge in [0.15, 0.2) is 16.7 Å². The number of nitrogens with zero attached hydrogens (tertiary/aromatic N) is 2. The molecule has 0 atom stereocenters. The van der Waals surface area contributed by atoms with Gasteiger partial charge in [-0.05, 0) is 60.7 Å². The van der Waals surface area contributed by atoms with Gasteiger partial charge in [0.05, 0.1) is 36.9 Å². The first-order valence-electron chi connectivity index (χ1n) is 8.86. The zero-order valence-corrected chi connectivity index (χ0v) is 18.1. The molecule has 0 radical (unpaired) electrons. The van der Waals surface area contributed by atoms with Crippen molar-refractivity contribution in [2.24, 2.45) is 4.99 Å². The largest absolute Gasteiger partial charge is 0.497 e. The van der Waals surface area contributed by atoms with Crippen LogP contribution in [0.3, 0.4) is 0 Å². The van der Waals surface area contributed by atoms with Crippen LogP contribution in [0.15, 0.2) is 46.3 Å². The van der Waals surface area contributed by atoms with E-state index < -0.39 is 0 Å². The average Bonchev–Trinajstić information content (AvgIpc) is 3.03. The quantitative estimate of drug-likeness (QED) is 0.602. The number of methoxy groups -OCH3 is 3. The Morgan fingerprint density at radius 2 is 1.72 bits per heavy atom. The summed E-state index contributed by atoms with van der Waals surface area (Å²) in [6.45, 7) is 2.42. The molecule has 1 aliphatic heterocycles. The lowest BCUT2D eigenvalue weighted by atomic mass is 10.1. The molecular weight excluding hydrogens is 412 g/mol. The fourth-order valence-electron chi connectivity index (χ4n) is 2.76. The number of benzene rings is 2. The Bertz CT molecular complexity index is 973. The molecule has 0 aliphatic carbocycles. The molecule has 8 heteroatoms. The fraction of sp³-hybridized carbons (Fsp3) is 0.238. The number of hydrogen-bond donors (Lipinski definition) is 0. The summed E-state index contributed by atoms with van der Waals surface area (Å²) in [4.78, 5) is 19.7. The number of likely N-dealkylation sites (N-methyl/N-ethyl adjacent to an activating group) is 1. The van der Waals surface area contributed by atoms with Gasteiger partial charge in [0.2, 0.25) is 0 Å². The normalized spacial score (nSPS) is 16.6. The number of rotatable bonds is 6. The first-order valence-corrected chi connectivity index (χ1v) is 10.1. The van der Waals surface area contributed by atoms with Crippen molar-refractivity contribution in [3.05, 3.63) is 51.9 Å². The van der Waals surface area contributed by atoms with Crippen molar-refractivity contribution in [3.8, 4) is 17.2 Å². The maximum absolute atomic E-state index is 12.9.